The summed E-state index contributed by atoms with van der Waals surface area (Å²) in [6.45, 7) is 8.07. The molecule has 170 valence electrons. The average molecular weight is 439 g/mol. The Bertz CT molecular complexity index is 1000. The van der Waals surface area contributed by atoms with Crippen LogP contribution in [0.2, 0.25) is 0 Å². The molecule has 1 atom stereocenters. The van der Waals surface area contributed by atoms with Gasteiger partial charge in [-0.3, -0.25) is 14.5 Å². The van der Waals surface area contributed by atoms with Crippen molar-refractivity contribution in [2.75, 3.05) is 51.9 Å². The monoisotopic (exact) mass is 438 g/mol. The lowest BCUT2D eigenvalue weighted by molar-refractivity contribution is -0.136. The second-order valence-electron chi connectivity index (χ2n) is 8.38. The van der Waals surface area contributed by atoms with Crippen molar-refractivity contribution in [2.45, 2.75) is 19.9 Å². The Morgan fingerprint density at radius 3 is 2.53 bits per heavy atom. The number of likely N-dealkylation sites (N-methyl/N-ethyl adjacent to an activating group) is 1. The van der Waals surface area contributed by atoms with Crippen LogP contribution in [0.5, 0.6) is 11.5 Å². The predicted octanol–water partition coefficient (Wildman–Crippen LogP) is 2.08. The molecule has 2 N–H and O–H groups in total. The highest BCUT2D eigenvalue weighted by Gasteiger charge is 2.27. The highest BCUT2D eigenvalue weighted by molar-refractivity contribution is 6.39. The summed E-state index contributed by atoms with van der Waals surface area (Å²) < 4.78 is 11.0. The van der Waals surface area contributed by atoms with E-state index in [1.807, 2.05) is 44.2 Å². The van der Waals surface area contributed by atoms with Gasteiger partial charge in [-0.2, -0.15) is 0 Å². The van der Waals surface area contributed by atoms with E-state index in [-0.39, 0.29) is 12.8 Å². The van der Waals surface area contributed by atoms with E-state index in [4.69, 9.17) is 9.47 Å². The van der Waals surface area contributed by atoms with Crippen LogP contribution >= 0.6 is 0 Å². The molecule has 2 aromatic rings. The molecule has 0 radical (unpaired) electrons. The Balaban J connectivity index is 1.45. The van der Waals surface area contributed by atoms with Gasteiger partial charge in [0.2, 0.25) is 6.79 Å². The Kier molecular flexibility index (Phi) is 6.62. The van der Waals surface area contributed by atoms with E-state index in [9.17, 15) is 9.59 Å². The normalized spacial score (nSPS) is 17.1. The summed E-state index contributed by atoms with van der Waals surface area (Å²) in [4.78, 5) is 29.7. The van der Waals surface area contributed by atoms with Gasteiger partial charge in [-0.15, -0.1) is 0 Å². The minimum atomic E-state index is -0.665. The largest absolute Gasteiger partial charge is 0.454 e. The van der Waals surface area contributed by atoms with Crippen LogP contribution in [-0.4, -0.2) is 68.2 Å². The van der Waals surface area contributed by atoms with Crippen LogP contribution < -0.4 is 20.1 Å². The summed E-state index contributed by atoms with van der Waals surface area (Å²) in [6, 6.07) is 11.4. The minimum Gasteiger partial charge on any atom is -0.454 e. The molecule has 8 heteroatoms. The van der Waals surface area contributed by atoms with Gasteiger partial charge in [-0.25, -0.2) is 0 Å². The van der Waals surface area contributed by atoms with E-state index in [1.54, 1.807) is 6.07 Å². The standard InChI is InChI=1S/C24H30N4O4/c1-16-5-4-6-19(17(16)2)26-24(30)23(29)25-14-20(28-11-9-27(3)10-12-28)18-7-8-21-22(13-18)32-15-31-21/h4-8,13,20H,9-12,14-15H2,1-3H3,(H,25,29)(H,26,30)/t20-/m0/s1. The van der Waals surface area contributed by atoms with Crippen molar-refractivity contribution >= 4 is 17.5 Å². The number of ether oxygens (including phenoxy) is 2. The van der Waals surface area contributed by atoms with Gasteiger partial charge in [0.15, 0.2) is 11.5 Å². The van der Waals surface area contributed by atoms with Crippen LogP contribution in [0.3, 0.4) is 0 Å². The molecule has 0 spiro atoms. The van der Waals surface area contributed by atoms with Crippen molar-refractivity contribution in [1.82, 2.24) is 15.1 Å². The molecular formula is C24H30N4O4. The van der Waals surface area contributed by atoms with Crippen LogP contribution in [-0.2, 0) is 9.59 Å². The second kappa shape index (κ2) is 9.58. The molecule has 2 aliphatic heterocycles. The van der Waals surface area contributed by atoms with Gasteiger partial charge in [0, 0.05) is 38.4 Å². The second-order valence-corrected chi connectivity index (χ2v) is 8.38. The molecule has 8 nitrogen and oxygen atoms in total. The van der Waals surface area contributed by atoms with E-state index in [2.05, 4.69) is 27.5 Å². The van der Waals surface area contributed by atoms with E-state index in [0.717, 1.165) is 48.6 Å². The lowest BCUT2D eigenvalue weighted by atomic mass is 10.0. The lowest BCUT2D eigenvalue weighted by Crippen LogP contribution is -2.49. The van der Waals surface area contributed by atoms with Crippen molar-refractivity contribution < 1.29 is 19.1 Å². The third-order valence-corrected chi connectivity index (χ3v) is 6.28. The number of nitrogens with zero attached hydrogens (tertiary/aromatic N) is 2. The molecule has 0 aliphatic carbocycles. The molecule has 1 fully saturated rings. The zero-order valence-corrected chi connectivity index (χ0v) is 18.8. The molecule has 4 rings (SSSR count). The number of piperazine rings is 1. The summed E-state index contributed by atoms with van der Waals surface area (Å²) in [5.41, 5.74) is 3.68. The number of anilines is 1. The quantitative estimate of drug-likeness (QED) is 0.696. The van der Waals surface area contributed by atoms with Crippen LogP contribution in [0.4, 0.5) is 5.69 Å². The first kappa shape index (κ1) is 22.1. The zero-order chi connectivity index (χ0) is 22.7. The number of carbonyl (C=O) groups is 2. The lowest BCUT2D eigenvalue weighted by Gasteiger charge is -2.38. The van der Waals surface area contributed by atoms with Gasteiger partial charge in [-0.05, 0) is 55.8 Å². The summed E-state index contributed by atoms with van der Waals surface area (Å²) in [7, 11) is 2.10. The fourth-order valence-corrected chi connectivity index (χ4v) is 4.05. The van der Waals surface area contributed by atoms with E-state index in [1.165, 1.54) is 0 Å². The summed E-state index contributed by atoms with van der Waals surface area (Å²) in [5.74, 6) is 0.121. The molecule has 0 bridgehead atoms. The summed E-state index contributed by atoms with van der Waals surface area (Å²) >= 11 is 0. The molecule has 2 aromatic carbocycles. The van der Waals surface area contributed by atoms with Gasteiger partial charge in [-0.1, -0.05) is 18.2 Å². The third kappa shape index (κ3) is 4.87. The van der Waals surface area contributed by atoms with Gasteiger partial charge in [0.25, 0.3) is 0 Å². The Hall–Kier alpha value is -3.10. The molecule has 0 saturated carbocycles. The maximum Gasteiger partial charge on any atom is 0.313 e. The van der Waals surface area contributed by atoms with Crippen LogP contribution in [0, 0.1) is 13.8 Å². The van der Waals surface area contributed by atoms with Crippen molar-refractivity contribution in [3.63, 3.8) is 0 Å². The number of amides is 2. The summed E-state index contributed by atoms with van der Waals surface area (Å²) in [5, 5.41) is 5.56. The number of nitrogens with one attached hydrogen (secondary N) is 2. The van der Waals surface area contributed by atoms with Gasteiger partial charge in [0.05, 0.1) is 6.04 Å². The van der Waals surface area contributed by atoms with E-state index in [0.29, 0.717) is 18.0 Å². The molecule has 2 heterocycles. The van der Waals surface area contributed by atoms with Crippen molar-refractivity contribution in [3.05, 3.63) is 53.1 Å². The first-order chi connectivity index (χ1) is 15.4. The number of hydrogen-bond acceptors (Lipinski definition) is 6. The van der Waals surface area contributed by atoms with Crippen LogP contribution in [0.1, 0.15) is 22.7 Å². The zero-order valence-electron chi connectivity index (χ0n) is 18.8. The van der Waals surface area contributed by atoms with E-state index >= 15 is 0 Å². The maximum absolute atomic E-state index is 12.6. The number of rotatable bonds is 5. The SMILES string of the molecule is Cc1cccc(NC(=O)C(=O)NC[C@@H](c2ccc3c(c2)OCO3)N2CCN(C)CC2)c1C. The topological polar surface area (TPSA) is 83.1 Å². The van der Waals surface area contributed by atoms with Gasteiger partial charge < -0.3 is 25.0 Å². The first-order valence-electron chi connectivity index (χ1n) is 10.9. The minimum absolute atomic E-state index is 0.0735. The smallest absolute Gasteiger partial charge is 0.313 e. The highest BCUT2D eigenvalue weighted by Crippen LogP contribution is 2.35. The van der Waals surface area contributed by atoms with Crippen molar-refractivity contribution in [1.29, 1.82) is 0 Å². The third-order valence-electron chi connectivity index (χ3n) is 6.28. The number of benzene rings is 2. The Morgan fingerprint density at radius 1 is 1.00 bits per heavy atom. The fraction of sp³-hybridized carbons (Fsp3) is 0.417. The molecule has 32 heavy (non-hydrogen) atoms. The van der Waals surface area contributed by atoms with Crippen LogP contribution in [0.25, 0.3) is 0 Å². The Labute approximate surface area is 188 Å². The fourth-order valence-electron chi connectivity index (χ4n) is 4.05. The van der Waals surface area contributed by atoms with Crippen LogP contribution in [0.15, 0.2) is 36.4 Å². The van der Waals surface area contributed by atoms with Crippen molar-refractivity contribution in [2.24, 2.45) is 0 Å². The number of aryl methyl sites for hydroxylation is 1. The molecule has 2 aliphatic rings. The average Bonchev–Trinajstić information content (AvgIpc) is 3.26. The molecular weight excluding hydrogens is 408 g/mol. The molecule has 0 aromatic heterocycles. The van der Waals surface area contributed by atoms with Crippen molar-refractivity contribution in [3.8, 4) is 11.5 Å². The molecule has 2 amide bonds. The van der Waals surface area contributed by atoms with Gasteiger partial charge >= 0.3 is 11.8 Å². The summed E-state index contributed by atoms with van der Waals surface area (Å²) in [6.07, 6.45) is 0. The molecule has 0 unspecified atom stereocenters. The maximum atomic E-state index is 12.6. The Morgan fingerprint density at radius 2 is 1.75 bits per heavy atom. The molecule has 1 saturated heterocycles. The predicted molar refractivity (Wildman–Crippen MR) is 122 cm³/mol. The number of carbonyl (C=O) groups excluding carboxylic acids is 2. The van der Waals surface area contributed by atoms with Gasteiger partial charge in [0.1, 0.15) is 0 Å². The van der Waals surface area contributed by atoms with E-state index < -0.39 is 11.8 Å². The first-order valence-corrected chi connectivity index (χ1v) is 10.9. The number of fused-ring (bicyclic) bond motifs is 1. The highest BCUT2D eigenvalue weighted by atomic mass is 16.7. The number of hydrogen-bond donors (Lipinski definition) is 2.